The Hall–Kier alpha value is -4.41. The molecule has 2 aromatic heterocycles. The van der Waals surface area contributed by atoms with Crippen molar-refractivity contribution in [3.8, 4) is 11.5 Å². The van der Waals surface area contributed by atoms with Gasteiger partial charge in [-0.1, -0.05) is 6.07 Å². The average Bonchev–Trinajstić information content (AvgIpc) is 3.43. The first-order valence-corrected chi connectivity index (χ1v) is 12.3. The van der Waals surface area contributed by atoms with E-state index in [0.29, 0.717) is 40.8 Å². The van der Waals surface area contributed by atoms with Crippen molar-refractivity contribution in [2.24, 2.45) is 0 Å². The van der Waals surface area contributed by atoms with Crippen LogP contribution in [0.1, 0.15) is 30.0 Å². The van der Waals surface area contributed by atoms with Crippen LogP contribution in [-0.4, -0.2) is 42.3 Å². The zero-order valence-corrected chi connectivity index (χ0v) is 21.9. The van der Waals surface area contributed by atoms with E-state index < -0.39 is 23.4 Å². The molecular weight excluding hydrogens is 531 g/mol. The first kappa shape index (κ1) is 27.2. The Morgan fingerprint density at radius 2 is 1.80 bits per heavy atom. The molecule has 4 aromatic rings. The third kappa shape index (κ3) is 4.99. The van der Waals surface area contributed by atoms with Crippen molar-refractivity contribution in [2.75, 3.05) is 32.2 Å². The number of benzene rings is 2. The molecular formula is C29H25F5N4O2. The maximum atomic E-state index is 15.1. The van der Waals surface area contributed by atoms with Gasteiger partial charge in [0.1, 0.15) is 11.6 Å². The van der Waals surface area contributed by atoms with Gasteiger partial charge in [-0.2, -0.15) is 13.2 Å². The fourth-order valence-electron chi connectivity index (χ4n) is 4.95. The van der Waals surface area contributed by atoms with E-state index in [1.165, 1.54) is 26.4 Å². The molecule has 0 saturated carbocycles. The number of methoxy groups -OCH3 is 2. The van der Waals surface area contributed by atoms with Gasteiger partial charge in [-0.05, 0) is 66.0 Å². The van der Waals surface area contributed by atoms with Gasteiger partial charge in [-0.25, -0.2) is 18.7 Å². The molecule has 3 heterocycles. The highest BCUT2D eigenvalue weighted by molar-refractivity contribution is 5.97. The van der Waals surface area contributed by atoms with Crippen LogP contribution < -0.4 is 14.4 Å². The van der Waals surface area contributed by atoms with Crippen molar-refractivity contribution in [3.63, 3.8) is 0 Å². The number of rotatable bonds is 5. The molecule has 1 aliphatic heterocycles. The molecule has 208 valence electrons. The molecule has 1 N–H and O–H groups in total. The van der Waals surface area contributed by atoms with E-state index in [2.05, 4.69) is 15.0 Å². The third-order valence-corrected chi connectivity index (χ3v) is 7.00. The van der Waals surface area contributed by atoms with E-state index in [1.807, 2.05) is 6.92 Å². The van der Waals surface area contributed by atoms with Crippen molar-refractivity contribution in [3.05, 3.63) is 88.4 Å². The summed E-state index contributed by atoms with van der Waals surface area (Å²) in [6, 6.07) is 7.72. The minimum absolute atomic E-state index is 0.0804. The van der Waals surface area contributed by atoms with Crippen molar-refractivity contribution in [2.45, 2.75) is 19.5 Å². The predicted molar refractivity (Wildman–Crippen MR) is 142 cm³/mol. The molecule has 0 spiro atoms. The summed E-state index contributed by atoms with van der Waals surface area (Å²) < 4.78 is 79.8. The molecule has 11 heteroatoms. The monoisotopic (exact) mass is 556 g/mol. The van der Waals surface area contributed by atoms with Crippen LogP contribution in [-0.2, 0) is 6.18 Å². The molecule has 0 radical (unpaired) electrons. The number of halogens is 5. The summed E-state index contributed by atoms with van der Waals surface area (Å²) in [5.74, 6) is -0.486. The van der Waals surface area contributed by atoms with Crippen LogP contribution in [0, 0.1) is 11.6 Å². The first-order chi connectivity index (χ1) is 19.1. The average molecular weight is 557 g/mol. The van der Waals surface area contributed by atoms with Gasteiger partial charge in [0.2, 0.25) is 5.95 Å². The molecule has 1 fully saturated rings. The van der Waals surface area contributed by atoms with Crippen LogP contribution in [0.2, 0.25) is 0 Å². The minimum atomic E-state index is -4.56. The number of H-pyrrole nitrogens is 1. The molecule has 0 unspecified atom stereocenters. The number of fused-ring (bicyclic) bond motifs is 1. The predicted octanol–water partition coefficient (Wildman–Crippen LogP) is 7.04. The smallest absolute Gasteiger partial charge is 0.419 e. The lowest BCUT2D eigenvalue weighted by Crippen LogP contribution is -2.34. The van der Waals surface area contributed by atoms with Gasteiger partial charge in [0, 0.05) is 37.1 Å². The van der Waals surface area contributed by atoms with Crippen LogP contribution >= 0.6 is 0 Å². The molecule has 5 rings (SSSR count). The second-order valence-electron chi connectivity index (χ2n) is 9.28. The van der Waals surface area contributed by atoms with Gasteiger partial charge >= 0.3 is 6.18 Å². The number of aromatic amines is 1. The molecule has 0 amide bonds. The first-order valence-electron chi connectivity index (χ1n) is 12.3. The molecule has 0 atom stereocenters. The number of allylic oxidation sites excluding steroid dienone is 1. The molecule has 1 saturated heterocycles. The van der Waals surface area contributed by atoms with Crippen molar-refractivity contribution >= 4 is 28.5 Å². The number of aromatic nitrogens is 3. The summed E-state index contributed by atoms with van der Waals surface area (Å²) in [7, 11) is 2.83. The molecule has 6 nitrogen and oxygen atoms in total. The minimum Gasteiger partial charge on any atom is -0.496 e. The van der Waals surface area contributed by atoms with Gasteiger partial charge in [0.05, 0.1) is 30.9 Å². The summed E-state index contributed by atoms with van der Waals surface area (Å²) in [4.78, 5) is 12.7. The number of piperidine rings is 1. The molecule has 40 heavy (non-hydrogen) atoms. The zero-order chi connectivity index (χ0) is 28.6. The van der Waals surface area contributed by atoms with Gasteiger partial charge in [0.15, 0.2) is 11.6 Å². The van der Waals surface area contributed by atoms with Crippen LogP contribution in [0.4, 0.5) is 27.9 Å². The number of nitrogens with zero attached hydrogens (tertiary/aromatic N) is 3. The van der Waals surface area contributed by atoms with Crippen molar-refractivity contribution in [1.29, 1.82) is 0 Å². The van der Waals surface area contributed by atoms with E-state index >= 15 is 4.39 Å². The van der Waals surface area contributed by atoms with Crippen molar-refractivity contribution < 1.29 is 31.4 Å². The second-order valence-corrected chi connectivity index (χ2v) is 9.28. The number of alkyl halides is 3. The van der Waals surface area contributed by atoms with Crippen LogP contribution in [0.5, 0.6) is 11.5 Å². The maximum Gasteiger partial charge on any atom is 0.419 e. The third-order valence-electron chi connectivity index (χ3n) is 7.00. The zero-order valence-electron chi connectivity index (χ0n) is 21.9. The van der Waals surface area contributed by atoms with Crippen LogP contribution in [0.25, 0.3) is 22.6 Å². The summed E-state index contributed by atoms with van der Waals surface area (Å²) in [6.07, 6.45) is 0.706. The fourth-order valence-corrected chi connectivity index (χ4v) is 4.95. The number of ether oxygens (including phenoxy) is 2. The van der Waals surface area contributed by atoms with E-state index in [0.717, 1.165) is 23.5 Å². The number of hydrogen-bond donors (Lipinski definition) is 1. The highest BCUT2D eigenvalue weighted by atomic mass is 19.4. The molecule has 2 aromatic carbocycles. The highest BCUT2D eigenvalue weighted by Crippen LogP contribution is 2.39. The van der Waals surface area contributed by atoms with Gasteiger partial charge < -0.3 is 19.4 Å². The Bertz CT molecular complexity index is 1620. The lowest BCUT2D eigenvalue weighted by molar-refractivity contribution is -0.138. The largest absolute Gasteiger partial charge is 0.496 e. The van der Waals surface area contributed by atoms with E-state index in [9.17, 15) is 17.6 Å². The van der Waals surface area contributed by atoms with Crippen LogP contribution in [0.15, 0.2) is 60.1 Å². The fraction of sp³-hybridized carbons (Fsp3) is 0.241. The van der Waals surface area contributed by atoms with Crippen LogP contribution in [0.3, 0.4) is 0 Å². The topological polar surface area (TPSA) is 63.3 Å². The SMILES string of the molecule is COc1cccc(F)c1/C=C1/CCN(c2ncc(C(F)(F)F)cn2)C/C1=C(/C)c1cc(F)c(OC)c2[nH]ccc12. The standard InChI is InChI=1S/C29H25F5N4O2/c1-16(20-12-24(31)27(40-3)26-19(20)7-9-35-26)22-15-38(28-36-13-18(14-37-28)29(32,33)34)10-8-17(22)11-21-23(30)5-4-6-25(21)39-2/h4-7,9,11-14,35H,8,10,15H2,1-3H3/b17-11-,22-16+. The van der Waals surface area contributed by atoms with Crippen molar-refractivity contribution in [1.82, 2.24) is 15.0 Å². The Kier molecular flexibility index (Phi) is 7.22. The Labute approximate surface area is 226 Å². The maximum absolute atomic E-state index is 15.1. The second kappa shape index (κ2) is 10.6. The van der Waals surface area contributed by atoms with E-state index in [1.54, 1.807) is 35.4 Å². The normalized spacial score (nSPS) is 16.5. The molecule has 0 aliphatic carbocycles. The summed E-state index contributed by atoms with van der Waals surface area (Å²) in [5, 5.41) is 0.717. The van der Waals surface area contributed by atoms with Gasteiger partial charge in [0.25, 0.3) is 0 Å². The summed E-state index contributed by atoms with van der Waals surface area (Å²) in [6.45, 7) is 2.38. The lowest BCUT2D eigenvalue weighted by Gasteiger charge is -2.32. The molecule has 1 aliphatic rings. The van der Waals surface area contributed by atoms with Gasteiger partial charge in [-0.3, -0.25) is 0 Å². The summed E-state index contributed by atoms with van der Waals surface area (Å²) >= 11 is 0. The number of anilines is 1. The Morgan fingerprint density at radius 1 is 1.05 bits per heavy atom. The number of hydrogen-bond acceptors (Lipinski definition) is 5. The molecule has 0 bridgehead atoms. The van der Waals surface area contributed by atoms with Gasteiger partial charge in [-0.15, -0.1) is 0 Å². The Morgan fingerprint density at radius 3 is 2.48 bits per heavy atom. The highest BCUT2D eigenvalue weighted by Gasteiger charge is 2.32. The number of nitrogens with one attached hydrogen (secondary N) is 1. The lowest BCUT2D eigenvalue weighted by atomic mass is 9.88. The Balaban J connectivity index is 1.66. The van der Waals surface area contributed by atoms with E-state index in [4.69, 9.17) is 9.47 Å². The summed E-state index contributed by atoms with van der Waals surface area (Å²) in [5.41, 5.74) is 2.58. The quantitative estimate of drug-likeness (QED) is 0.267. The van der Waals surface area contributed by atoms with E-state index in [-0.39, 0.29) is 23.8 Å².